The number of rotatable bonds is 4. The molecule has 1 aliphatic heterocycles. The molecule has 0 aliphatic carbocycles. The molecule has 0 bridgehead atoms. The van der Waals surface area contributed by atoms with Gasteiger partial charge < -0.3 is 9.80 Å². The zero-order chi connectivity index (χ0) is 9.84. The Morgan fingerprint density at radius 2 is 2.15 bits per heavy atom. The van der Waals surface area contributed by atoms with E-state index in [4.69, 9.17) is 0 Å². The van der Waals surface area contributed by atoms with Gasteiger partial charge in [-0.3, -0.25) is 0 Å². The summed E-state index contributed by atoms with van der Waals surface area (Å²) in [6.07, 6.45) is 3.58. The minimum atomic E-state index is 0.198. The van der Waals surface area contributed by atoms with Crippen LogP contribution in [0, 0.1) is 0 Å². The largest absolute Gasteiger partial charge is 0.323 e. The summed E-state index contributed by atoms with van der Waals surface area (Å²) in [5.41, 5.74) is 0. The van der Waals surface area contributed by atoms with Crippen LogP contribution in [0.4, 0.5) is 4.79 Å². The summed E-state index contributed by atoms with van der Waals surface area (Å²) in [5, 5.41) is 0. The van der Waals surface area contributed by atoms with E-state index in [1.807, 2.05) is 16.8 Å². The van der Waals surface area contributed by atoms with Crippen molar-refractivity contribution in [1.82, 2.24) is 9.80 Å². The molecular weight excluding hydrogens is 164 g/mol. The topological polar surface area (TPSA) is 23.6 Å². The van der Waals surface area contributed by atoms with Gasteiger partial charge in [-0.05, 0) is 13.3 Å². The van der Waals surface area contributed by atoms with Crippen molar-refractivity contribution < 1.29 is 4.79 Å². The molecule has 0 aromatic rings. The van der Waals surface area contributed by atoms with Crippen molar-refractivity contribution in [2.45, 2.75) is 39.2 Å². The highest BCUT2D eigenvalue weighted by Gasteiger charge is 2.30. The first kappa shape index (κ1) is 10.4. The lowest BCUT2D eigenvalue weighted by Crippen LogP contribution is -2.30. The Bertz CT molecular complexity index is 182. The van der Waals surface area contributed by atoms with Gasteiger partial charge in [-0.25, -0.2) is 4.79 Å². The molecule has 1 fully saturated rings. The van der Waals surface area contributed by atoms with Gasteiger partial charge in [-0.2, -0.15) is 0 Å². The third-order valence-electron chi connectivity index (χ3n) is 2.75. The number of hydrogen-bond acceptors (Lipinski definition) is 1. The van der Waals surface area contributed by atoms with E-state index >= 15 is 0 Å². The number of likely N-dealkylation sites (N-methyl/N-ethyl adjacent to an activating group) is 1. The maximum atomic E-state index is 11.6. The summed E-state index contributed by atoms with van der Waals surface area (Å²) in [6.45, 7) is 6.11. The summed E-state index contributed by atoms with van der Waals surface area (Å²) in [5.74, 6) is 0. The van der Waals surface area contributed by atoms with E-state index in [9.17, 15) is 4.79 Å². The number of urea groups is 1. The molecule has 0 radical (unpaired) electrons. The summed E-state index contributed by atoms with van der Waals surface area (Å²) < 4.78 is 0. The number of hydrogen-bond donors (Lipinski definition) is 0. The van der Waals surface area contributed by atoms with E-state index in [1.165, 1.54) is 12.8 Å². The molecular formula is C10H20N2O. The van der Waals surface area contributed by atoms with Gasteiger partial charge in [0, 0.05) is 26.2 Å². The second kappa shape index (κ2) is 4.49. The molecule has 0 saturated carbocycles. The van der Waals surface area contributed by atoms with Crippen LogP contribution in [0.1, 0.15) is 33.1 Å². The molecule has 1 aliphatic rings. The number of carbonyl (C=O) groups excluding carboxylic acids is 1. The van der Waals surface area contributed by atoms with Crippen molar-refractivity contribution in [3.63, 3.8) is 0 Å². The standard InChI is InChI=1S/C10H20N2O/c1-4-5-6-7-12-8-9(2)11(3)10(12)13/h9H,4-8H2,1-3H3/t9-/m1/s1. The average Bonchev–Trinajstić information content (AvgIpc) is 2.34. The van der Waals surface area contributed by atoms with E-state index in [2.05, 4.69) is 13.8 Å². The van der Waals surface area contributed by atoms with Crippen LogP contribution in [-0.4, -0.2) is 42.0 Å². The monoisotopic (exact) mass is 184 g/mol. The first-order valence-corrected chi connectivity index (χ1v) is 5.18. The number of nitrogens with zero attached hydrogens (tertiary/aromatic N) is 2. The van der Waals surface area contributed by atoms with E-state index in [-0.39, 0.29) is 6.03 Å². The maximum absolute atomic E-state index is 11.6. The van der Waals surface area contributed by atoms with Crippen molar-refractivity contribution in [2.24, 2.45) is 0 Å². The average molecular weight is 184 g/mol. The third kappa shape index (κ3) is 2.36. The Morgan fingerprint density at radius 1 is 1.46 bits per heavy atom. The lowest BCUT2D eigenvalue weighted by Gasteiger charge is -2.15. The summed E-state index contributed by atoms with van der Waals surface area (Å²) in [6, 6.07) is 0.581. The fraction of sp³-hybridized carbons (Fsp3) is 0.900. The van der Waals surface area contributed by atoms with Gasteiger partial charge in [0.1, 0.15) is 0 Å². The highest BCUT2D eigenvalue weighted by Crippen LogP contribution is 2.13. The molecule has 13 heavy (non-hydrogen) atoms. The molecule has 1 atom stereocenters. The van der Waals surface area contributed by atoms with Crippen LogP contribution in [0.5, 0.6) is 0 Å². The van der Waals surface area contributed by atoms with Crippen molar-refractivity contribution in [3.8, 4) is 0 Å². The Labute approximate surface area is 80.7 Å². The molecule has 0 N–H and O–H groups in total. The first-order valence-electron chi connectivity index (χ1n) is 5.18. The van der Waals surface area contributed by atoms with Crippen LogP contribution in [0.3, 0.4) is 0 Å². The molecule has 1 saturated heterocycles. The molecule has 0 aromatic heterocycles. The summed E-state index contributed by atoms with van der Waals surface area (Å²) >= 11 is 0. The smallest absolute Gasteiger partial charge is 0.320 e. The lowest BCUT2D eigenvalue weighted by molar-refractivity contribution is 0.195. The molecule has 1 heterocycles. The zero-order valence-electron chi connectivity index (χ0n) is 8.92. The first-order chi connectivity index (χ1) is 6.16. The molecule has 2 amide bonds. The minimum Gasteiger partial charge on any atom is -0.323 e. The fourth-order valence-corrected chi connectivity index (χ4v) is 1.67. The molecule has 0 spiro atoms. The van der Waals surface area contributed by atoms with Crippen LogP contribution < -0.4 is 0 Å². The van der Waals surface area contributed by atoms with Crippen molar-refractivity contribution >= 4 is 6.03 Å². The van der Waals surface area contributed by atoms with Crippen molar-refractivity contribution in [1.29, 1.82) is 0 Å². The van der Waals surface area contributed by atoms with Crippen LogP contribution in [0.2, 0.25) is 0 Å². The quantitative estimate of drug-likeness (QED) is 0.612. The van der Waals surface area contributed by atoms with Crippen molar-refractivity contribution in [2.75, 3.05) is 20.1 Å². The Kier molecular flexibility index (Phi) is 3.58. The molecule has 3 heteroatoms. The van der Waals surface area contributed by atoms with Gasteiger partial charge in [0.15, 0.2) is 0 Å². The number of amides is 2. The molecule has 0 aromatic carbocycles. The van der Waals surface area contributed by atoms with E-state index in [0.717, 1.165) is 19.5 Å². The number of unbranched alkanes of at least 4 members (excludes halogenated alkanes) is 2. The van der Waals surface area contributed by atoms with Gasteiger partial charge in [-0.1, -0.05) is 19.8 Å². The van der Waals surface area contributed by atoms with E-state index in [1.54, 1.807) is 0 Å². The molecule has 0 unspecified atom stereocenters. The molecule has 3 nitrogen and oxygen atoms in total. The highest BCUT2D eigenvalue weighted by molar-refractivity contribution is 5.76. The normalized spacial score (nSPS) is 23.0. The van der Waals surface area contributed by atoms with E-state index in [0.29, 0.717) is 6.04 Å². The van der Waals surface area contributed by atoms with Crippen LogP contribution in [-0.2, 0) is 0 Å². The fourth-order valence-electron chi connectivity index (χ4n) is 1.67. The highest BCUT2D eigenvalue weighted by atomic mass is 16.2. The maximum Gasteiger partial charge on any atom is 0.320 e. The minimum absolute atomic E-state index is 0.198. The molecule has 1 rings (SSSR count). The Balaban J connectivity index is 2.31. The number of carbonyl (C=O) groups is 1. The zero-order valence-corrected chi connectivity index (χ0v) is 8.92. The van der Waals surface area contributed by atoms with Crippen LogP contribution in [0.15, 0.2) is 0 Å². The SMILES string of the molecule is CCCCCN1C[C@@H](C)N(C)C1=O. The predicted molar refractivity (Wildman–Crippen MR) is 53.7 cm³/mol. The summed E-state index contributed by atoms with van der Waals surface area (Å²) in [7, 11) is 1.88. The van der Waals surface area contributed by atoms with Gasteiger partial charge in [0.05, 0.1) is 0 Å². The summed E-state index contributed by atoms with van der Waals surface area (Å²) in [4.78, 5) is 15.3. The molecule has 76 valence electrons. The van der Waals surface area contributed by atoms with Gasteiger partial charge in [0.25, 0.3) is 0 Å². The van der Waals surface area contributed by atoms with Crippen molar-refractivity contribution in [3.05, 3.63) is 0 Å². The second-order valence-corrected chi connectivity index (χ2v) is 3.90. The van der Waals surface area contributed by atoms with Gasteiger partial charge in [-0.15, -0.1) is 0 Å². The van der Waals surface area contributed by atoms with Gasteiger partial charge in [0.2, 0.25) is 0 Å². The second-order valence-electron chi connectivity index (χ2n) is 3.90. The predicted octanol–water partition coefficient (Wildman–Crippen LogP) is 1.93. The van der Waals surface area contributed by atoms with Gasteiger partial charge >= 0.3 is 6.03 Å². The van der Waals surface area contributed by atoms with Crippen LogP contribution in [0.25, 0.3) is 0 Å². The van der Waals surface area contributed by atoms with E-state index < -0.39 is 0 Å². The lowest BCUT2D eigenvalue weighted by atomic mass is 10.2. The Hall–Kier alpha value is -0.730. The third-order valence-corrected chi connectivity index (χ3v) is 2.75. The van der Waals surface area contributed by atoms with Crippen LogP contribution >= 0.6 is 0 Å². The Morgan fingerprint density at radius 3 is 2.62 bits per heavy atom.